The molecule has 0 saturated heterocycles. The molecule has 0 unspecified atom stereocenters. The van der Waals surface area contributed by atoms with Crippen LogP contribution in [-0.4, -0.2) is 41.8 Å². The van der Waals surface area contributed by atoms with Crippen molar-refractivity contribution in [2.75, 3.05) is 30.4 Å². The molecule has 6 heteroatoms. The molecule has 0 spiro atoms. The number of hydrogen-bond donors (Lipinski definition) is 1. The van der Waals surface area contributed by atoms with Gasteiger partial charge in [-0.05, 0) is 19.1 Å². The zero-order valence-corrected chi connectivity index (χ0v) is 13.1. The molecule has 1 aromatic rings. The molecular formula is C15H19N3O2S. The summed E-state index contributed by atoms with van der Waals surface area (Å²) in [5, 5.41) is 11.2. The van der Waals surface area contributed by atoms with Crippen molar-refractivity contribution in [3.05, 3.63) is 29.8 Å². The number of nitrogens with zero attached hydrogens (tertiary/aromatic N) is 2. The van der Waals surface area contributed by atoms with Crippen LogP contribution in [0.25, 0.3) is 0 Å². The summed E-state index contributed by atoms with van der Waals surface area (Å²) in [6, 6.07) is 9.54. The van der Waals surface area contributed by atoms with Crippen molar-refractivity contribution in [3.63, 3.8) is 0 Å². The smallest absolute Gasteiger partial charge is 0.234 e. The quantitative estimate of drug-likeness (QED) is 0.836. The fourth-order valence-electron chi connectivity index (χ4n) is 1.52. The Kier molecular flexibility index (Phi) is 7.33. The van der Waals surface area contributed by atoms with E-state index in [0.717, 1.165) is 11.3 Å². The summed E-state index contributed by atoms with van der Waals surface area (Å²) >= 11 is 1.27. The molecule has 21 heavy (non-hydrogen) atoms. The van der Waals surface area contributed by atoms with Gasteiger partial charge >= 0.3 is 0 Å². The van der Waals surface area contributed by atoms with Crippen LogP contribution in [0.4, 0.5) is 5.69 Å². The third kappa shape index (κ3) is 6.82. The van der Waals surface area contributed by atoms with E-state index in [1.807, 2.05) is 37.3 Å². The highest BCUT2D eigenvalue weighted by Crippen LogP contribution is 2.10. The van der Waals surface area contributed by atoms with Gasteiger partial charge in [-0.15, -0.1) is 11.8 Å². The number of thioether (sulfide) groups is 1. The SMILES string of the molecule is Cc1ccc(NC(=O)CSCC(=O)N(C)CCC#N)cc1. The number of nitriles is 1. The van der Waals surface area contributed by atoms with E-state index in [-0.39, 0.29) is 23.3 Å². The summed E-state index contributed by atoms with van der Waals surface area (Å²) in [6.45, 7) is 2.40. The third-order valence-electron chi connectivity index (χ3n) is 2.78. The lowest BCUT2D eigenvalue weighted by Gasteiger charge is -2.14. The van der Waals surface area contributed by atoms with Gasteiger partial charge in [0.15, 0.2) is 0 Å². The maximum absolute atomic E-state index is 11.7. The monoisotopic (exact) mass is 305 g/mol. The topological polar surface area (TPSA) is 73.2 Å². The van der Waals surface area contributed by atoms with Crippen molar-refractivity contribution in [2.45, 2.75) is 13.3 Å². The number of amides is 2. The molecule has 0 bridgehead atoms. The van der Waals surface area contributed by atoms with Gasteiger partial charge < -0.3 is 10.2 Å². The van der Waals surface area contributed by atoms with E-state index in [4.69, 9.17) is 5.26 Å². The largest absolute Gasteiger partial charge is 0.344 e. The number of nitrogens with one attached hydrogen (secondary N) is 1. The van der Waals surface area contributed by atoms with Gasteiger partial charge in [-0.2, -0.15) is 5.26 Å². The fraction of sp³-hybridized carbons (Fsp3) is 0.400. The lowest BCUT2D eigenvalue weighted by atomic mass is 10.2. The molecular weight excluding hydrogens is 286 g/mol. The van der Waals surface area contributed by atoms with Gasteiger partial charge in [-0.3, -0.25) is 9.59 Å². The van der Waals surface area contributed by atoms with Crippen molar-refractivity contribution in [3.8, 4) is 6.07 Å². The van der Waals surface area contributed by atoms with Gasteiger partial charge in [0.05, 0.1) is 24.0 Å². The summed E-state index contributed by atoms with van der Waals surface area (Å²) in [5.41, 5.74) is 1.89. The molecule has 0 aromatic heterocycles. The first-order valence-electron chi connectivity index (χ1n) is 6.58. The Labute approximate surface area is 129 Å². The molecule has 0 saturated carbocycles. The lowest BCUT2D eigenvalue weighted by molar-refractivity contribution is -0.127. The second-order valence-corrected chi connectivity index (χ2v) is 5.62. The molecule has 1 aromatic carbocycles. The Morgan fingerprint density at radius 1 is 1.29 bits per heavy atom. The van der Waals surface area contributed by atoms with E-state index >= 15 is 0 Å². The summed E-state index contributed by atoms with van der Waals surface area (Å²) in [4.78, 5) is 24.9. The predicted molar refractivity (Wildman–Crippen MR) is 85.0 cm³/mol. The van der Waals surface area contributed by atoms with Crippen LogP contribution in [0.3, 0.4) is 0 Å². The van der Waals surface area contributed by atoms with E-state index in [1.165, 1.54) is 16.7 Å². The number of carbonyl (C=O) groups is 2. The molecule has 2 amide bonds. The second kappa shape index (κ2) is 9.03. The van der Waals surface area contributed by atoms with Crippen molar-refractivity contribution in [1.82, 2.24) is 4.90 Å². The van der Waals surface area contributed by atoms with Crippen LogP contribution in [0.2, 0.25) is 0 Å². The van der Waals surface area contributed by atoms with Crippen LogP contribution < -0.4 is 5.32 Å². The number of carbonyl (C=O) groups excluding carboxylic acids is 2. The zero-order chi connectivity index (χ0) is 15.7. The average Bonchev–Trinajstić information content (AvgIpc) is 2.47. The molecule has 0 radical (unpaired) electrons. The van der Waals surface area contributed by atoms with Gasteiger partial charge in [0, 0.05) is 19.3 Å². The highest BCUT2D eigenvalue weighted by Gasteiger charge is 2.10. The molecule has 0 atom stereocenters. The fourth-order valence-corrected chi connectivity index (χ4v) is 2.27. The van der Waals surface area contributed by atoms with E-state index in [1.54, 1.807) is 7.05 Å². The number of benzene rings is 1. The number of hydrogen-bond acceptors (Lipinski definition) is 4. The molecule has 0 aliphatic rings. The van der Waals surface area contributed by atoms with Gasteiger partial charge in [0.25, 0.3) is 0 Å². The van der Waals surface area contributed by atoms with E-state index < -0.39 is 0 Å². The van der Waals surface area contributed by atoms with Crippen LogP contribution in [0.1, 0.15) is 12.0 Å². The first kappa shape index (κ1) is 17.1. The highest BCUT2D eigenvalue weighted by atomic mass is 32.2. The van der Waals surface area contributed by atoms with E-state index in [2.05, 4.69) is 5.32 Å². The van der Waals surface area contributed by atoms with Gasteiger partial charge in [0.1, 0.15) is 0 Å². The summed E-state index contributed by atoms with van der Waals surface area (Å²) in [7, 11) is 1.66. The Bertz CT molecular complexity index is 523. The molecule has 1 rings (SSSR count). The minimum absolute atomic E-state index is 0.0709. The Morgan fingerprint density at radius 2 is 1.95 bits per heavy atom. The average molecular weight is 305 g/mol. The number of anilines is 1. The minimum atomic E-state index is -0.128. The second-order valence-electron chi connectivity index (χ2n) is 4.63. The van der Waals surface area contributed by atoms with Crippen LogP contribution in [-0.2, 0) is 9.59 Å². The Hall–Kier alpha value is -2.00. The maximum Gasteiger partial charge on any atom is 0.234 e. The van der Waals surface area contributed by atoms with E-state index in [0.29, 0.717) is 13.0 Å². The van der Waals surface area contributed by atoms with Crippen LogP contribution in [0.5, 0.6) is 0 Å². The van der Waals surface area contributed by atoms with Gasteiger partial charge in [0.2, 0.25) is 11.8 Å². The van der Waals surface area contributed by atoms with Crippen molar-refractivity contribution < 1.29 is 9.59 Å². The summed E-state index contributed by atoms with van der Waals surface area (Å²) in [5.74, 6) is 0.268. The molecule has 112 valence electrons. The summed E-state index contributed by atoms with van der Waals surface area (Å²) in [6.07, 6.45) is 0.320. The highest BCUT2D eigenvalue weighted by molar-refractivity contribution is 8.00. The zero-order valence-electron chi connectivity index (χ0n) is 12.3. The first-order chi connectivity index (χ1) is 10.0. The number of aryl methyl sites for hydroxylation is 1. The normalized spacial score (nSPS) is 9.76. The molecule has 1 N–H and O–H groups in total. The number of rotatable bonds is 7. The van der Waals surface area contributed by atoms with Crippen LogP contribution in [0.15, 0.2) is 24.3 Å². The predicted octanol–water partition coefficient (Wildman–Crippen LogP) is 2.04. The molecule has 0 aliphatic heterocycles. The standard InChI is InChI=1S/C15H19N3O2S/c1-12-4-6-13(7-5-12)17-14(19)10-21-11-15(20)18(2)9-3-8-16/h4-7H,3,9-11H2,1-2H3,(H,17,19). The summed E-state index contributed by atoms with van der Waals surface area (Å²) < 4.78 is 0. The van der Waals surface area contributed by atoms with Crippen LogP contribution in [0, 0.1) is 18.3 Å². The Morgan fingerprint density at radius 3 is 2.57 bits per heavy atom. The lowest BCUT2D eigenvalue weighted by Crippen LogP contribution is -2.29. The third-order valence-corrected chi connectivity index (χ3v) is 3.70. The molecule has 0 heterocycles. The minimum Gasteiger partial charge on any atom is -0.344 e. The van der Waals surface area contributed by atoms with Crippen molar-refractivity contribution >= 4 is 29.3 Å². The Balaban J connectivity index is 2.26. The van der Waals surface area contributed by atoms with Crippen molar-refractivity contribution in [1.29, 1.82) is 5.26 Å². The molecule has 5 nitrogen and oxygen atoms in total. The maximum atomic E-state index is 11.7. The van der Waals surface area contributed by atoms with E-state index in [9.17, 15) is 9.59 Å². The molecule has 0 fully saturated rings. The van der Waals surface area contributed by atoms with Crippen molar-refractivity contribution in [2.24, 2.45) is 0 Å². The van der Waals surface area contributed by atoms with Crippen LogP contribution >= 0.6 is 11.8 Å². The first-order valence-corrected chi connectivity index (χ1v) is 7.73. The molecule has 0 aliphatic carbocycles. The van der Waals surface area contributed by atoms with Gasteiger partial charge in [-0.25, -0.2) is 0 Å². The van der Waals surface area contributed by atoms with Gasteiger partial charge in [-0.1, -0.05) is 17.7 Å².